The molecule has 1 atom stereocenters. The molecule has 1 N–H and O–H groups in total. The van der Waals surface area contributed by atoms with Crippen LogP contribution in [0.25, 0.3) is 11.7 Å². The van der Waals surface area contributed by atoms with Crippen LogP contribution in [0.15, 0.2) is 25.6 Å². The third-order valence-corrected chi connectivity index (χ3v) is 2.72. The van der Waals surface area contributed by atoms with Gasteiger partial charge in [0.1, 0.15) is 0 Å². The molecule has 0 spiro atoms. The Morgan fingerprint density at radius 3 is 2.82 bits per heavy atom. The summed E-state index contributed by atoms with van der Waals surface area (Å²) in [6, 6.07) is 3.62. The lowest BCUT2D eigenvalue weighted by Crippen LogP contribution is -2.19. The van der Waals surface area contributed by atoms with Gasteiger partial charge in [0.2, 0.25) is 5.89 Å². The molecular formula is C11H14BrN3O2. The van der Waals surface area contributed by atoms with Crippen LogP contribution in [0.5, 0.6) is 0 Å². The number of nitrogens with zero attached hydrogens (tertiary/aromatic N) is 2. The Hall–Kier alpha value is -1.14. The van der Waals surface area contributed by atoms with Gasteiger partial charge in [0.15, 0.2) is 10.4 Å². The molecule has 0 aromatic carbocycles. The SMILES string of the molecule is CCCNC(C)c1nnc(-c2ccc(Br)o2)o1. The van der Waals surface area contributed by atoms with Crippen molar-refractivity contribution in [2.45, 2.75) is 26.3 Å². The van der Waals surface area contributed by atoms with Crippen LogP contribution in [0.1, 0.15) is 32.2 Å². The summed E-state index contributed by atoms with van der Waals surface area (Å²) in [7, 11) is 0. The molecule has 17 heavy (non-hydrogen) atoms. The highest BCUT2D eigenvalue weighted by molar-refractivity contribution is 9.10. The summed E-state index contributed by atoms with van der Waals surface area (Å²) >= 11 is 3.23. The Labute approximate surface area is 108 Å². The molecule has 0 saturated carbocycles. The molecule has 5 nitrogen and oxygen atoms in total. The fourth-order valence-electron chi connectivity index (χ4n) is 1.39. The summed E-state index contributed by atoms with van der Waals surface area (Å²) in [5.74, 6) is 1.54. The van der Waals surface area contributed by atoms with Crippen molar-refractivity contribution >= 4 is 15.9 Å². The van der Waals surface area contributed by atoms with E-state index in [2.05, 4.69) is 38.4 Å². The second-order valence-corrected chi connectivity index (χ2v) is 4.51. The number of nitrogens with one attached hydrogen (secondary N) is 1. The van der Waals surface area contributed by atoms with E-state index in [0.717, 1.165) is 13.0 Å². The molecule has 2 aromatic rings. The molecule has 0 amide bonds. The zero-order valence-electron chi connectivity index (χ0n) is 9.74. The molecular weight excluding hydrogens is 286 g/mol. The van der Waals surface area contributed by atoms with Crippen molar-refractivity contribution in [3.63, 3.8) is 0 Å². The topological polar surface area (TPSA) is 64.1 Å². The van der Waals surface area contributed by atoms with E-state index in [-0.39, 0.29) is 6.04 Å². The van der Waals surface area contributed by atoms with Crippen LogP contribution < -0.4 is 5.32 Å². The fraction of sp³-hybridized carbons (Fsp3) is 0.455. The standard InChI is InChI=1S/C11H14BrN3O2/c1-3-6-13-7(2)10-14-15-11(17-10)8-4-5-9(12)16-8/h4-5,7,13H,3,6H2,1-2H3. The fourth-order valence-corrected chi connectivity index (χ4v) is 1.69. The molecule has 0 aliphatic carbocycles. The second-order valence-electron chi connectivity index (χ2n) is 3.73. The van der Waals surface area contributed by atoms with Crippen molar-refractivity contribution in [3.8, 4) is 11.7 Å². The van der Waals surface area contributed by atoms with E-state index in [1.54, 1.807) is 12.1 Å². The minimum atomic E-state index is 0.0506. The number of halogens is 1. The van der Waals surface area contributed by atoms with Gasteiger partial charge in [0, 0.05) is 0 Å². The highest BCUT2D eigenvalue weighted by Gasteiger charge is 2.16. The van der Waals surface area contributed by atoms with Gasteiger partial charge in [-0.15, -0.1) is 10.2 Å². The Morgan fingerprint density at radius 1 is 1.35 bits per heavy atom. The quantitative estimate of drug-likeness (QED) is 0.919. The summed E-state index contributed by atoms with van der Waals surface area (Å²) in [6.45, 7) is 5.02. The minimum absolute atomic E-state index is 0.0506. The van der Waals surface area contributed by atoms with Gasteiger partial charge in [0.25, 0.3) is 5.89 Å². The van der Waals surface area contributed by atoms with Crippen molar-refractivity contribution < 1.29 is 8.83 Å². The van der Waals surface area contributed by atoms with Crippen LogP contribution in [-0.2, 0) is 0 Å². The van der Waals surface area contributed by atoms with Crippen molar-refractivity contribution in [1.29, 1.82) is 0 Å². The molecule has 0 fully saturated rings. The van der Waals surface area contributed by atoms with Crippen LogP contribution in [0.2, 0.25) is 0 Å². The number of aromatic nitrogens is 2. The van der Waals surface area contributed by atoms with E-state index in [0.29, 0.717) is 22.2 Å². The Kier molecular flexibility index (Phi) is 3.96. The maximum atomic E-state index is 5.54. The third-order valence-electron chi connectivity index (χ3n) is 2.30. The normalized spacial score (nSPS) is 12.9. The van der Waals surface area contributed by atoms with Gasteiger partial charge < -0.3 is 14.2 Å². The molecule has 2 rings (SSSR count). The van der Waals surface area contributed by atoms with Gasteiger partial charge in [-0.05, 0) is 48.0 Å². The first-order valence-corrected chi connectivity index (χ1v) is 6.32. The average Bonchev–Trinajstić information content (AvgIpc) is 2.93. The number of hydrogen-bond donors (Lipinski definition) is 1. The minimum Gasteiger partial charge on any atom is -0.444 e. The summed E-state index contributed by atoms with van der Waals surface area (Å²) in [4.78, 5) is 0. The highest BCUT2D eigenvalue weighted by Crippen LogP contribution is 2.25. The maximum Gasteiger partial charge on any atom is 0.283 e. The van der Waals surface area contributed by atoms with E-state index >= 15 is 0 Å². The van der Waals surface area contributed by atoms with Gasteiger partial charge >= 0.3 is 0 Å². The van der Waals surface area contributed by atoms with Gasteiger partial charge in [-0.2, -0.15) is 0 Å². The first-order chi connectivity index (χ1) is 8.20. The summed E-state index contributed by atoms with van der Waals surface area (Å²) < 4.78 is 11.5. The average molecular weight is 300 g/mol. The molecule has 0 radical (unpaired) electrons. The lowest BCUT2D eigenvalue weighted by molar-refractivity contribution is 0.414. The summed E-state index contributed by atoms with van der Waals surface area (Å²) in [5.41, 5.74) is 0. The van der Waals surface area contributed by atoms with Crippen molar-refractivity contribution in [2.24, 2.45) is 0 Å². The Balaban J connectivity index is 2.10. The maximum absolute atomic E-state index is 5.54. The predicted molar refractivity (Wildman–Crippen MR) is 66.4 cm³/mol. The molecule has 0 saturated heterocycles. The molecule has 2 aromatic heterocycles. The Bertz CT molecular complexity index is 481. The summed E-state index contributed by atoms with van der Waals surface area (Å²) in [5, 5.41) is 11.2. The Morgan fingerprint density at radius 2 is 2.18 bits per heavy atom. The van der Waals surface area contributed by atoms with E-state index in [9.17, 15) is 0 Å². The first kappa shape index (κ1) is 12.3. The first-order valence-electron chi connectivity index (χ1n) is 5.53. The zero-order valence-corrected chi connectivity index (χ0v) is 11.3. The van der Waals surface area contributed by atoms with Crippen LogP contribution in [0, 0.1) is 0 Å². The smallest absolute Gasteiger partial charge is 0.283 e. The van der Waals surface area contributed by atoms with Crippen molar-refractivity contribution in [1.82, 2.24) is 15.5 Å². The molecule has 0 bridgehead atoms. The predicted octanol–water partition coefficient (Wildman–Crippen LogP) is 3.15. The van der Waals surface area contributed by atoms with E-state index in [4.69, 9.17) is 8.83 Å². The van der Waals surface area contributed by atoms with Crippen LogP contribution in [0.4, 0.5) is 0 Å². The van der Waals surface area contributed by atoms with Crippen LogP contribution in [-0.4, -0.2) is 16.7 Å². The molecule has 1 unspecified atom stereocenters. The second kappa shape index (κ2) is 5.46. The van der Waals surface area contributed by atoms with Crippen LogP contribution >= 0.6 is 15.9 Å². The lowest BCUT2D eigenvalue weighted by Gasteiger charge is -2.07. The van der Waals surface area contributed by atoms with E-state index in [1.165, 1.54) is 0 Å². The zero-order chi connectivity index (χ0) is 12.3. The number of furan rings is 1. The van der Waals surface area contributed by atoms with Crippen molar-refractivity contribution in [2.75, 3.05) is 6.54 Å². The van der Waals surface area contributed by atoms with Gasteiger partial charge in [0.05, 0.1) is 6.04 Å². The lowest BCUT2D eigenvalue weighted by atomic mass is 10.3. The van der Waals surface area contributed by atoms with E-state index in [1.807, 2.05) is 6.92 Å². The van der Waals surface area contributed by atoms with Crippen molar-refractivity contribution in [3.05, 3.63) is 22.7 Å². The summed E-state index contributed by atoms with van der Waals surface area (Å²) in [6.07, 6.45) is 1.07. The third kappa shape index (κ3) is 2.95. The van der Waals surface area contributed by atoms with Gasteiger partial charge in [-0.3, -0.25) is 0 Å². The highest BCUT2D eigenvalue weighted by atomic mass is 79.9. The van der Waals surface area contributed by atoms with Crippen LogP contribution in [0.3, 0.4) is 0 Å². The van der Waals surface area contributed by atoms with Gasteiger partial charge in [-0.25, -0.2) is 0 Å². The largest absolute Gasteiger partial charge is 0.444 e. The molecule has 92 valence electrons. The monoisotopic (exact) mass is 299 g/mol. The van der Waals surface area contributed by atoms with Gasteiger partial charge in [-0.1, -0.05) is 6.92 Å². The van der Waals surface area contributed by atoms with E-state index < -0.39 is 0 Å². The number of rotatable bonds is 5. The molecule has 2 heterocycles. The molecule has 6 heteroatoms. The molecule has 0 aliphatic heterocycles. The molecule has 0 aliphatic rings. The number of hydrogen-bond acceptors (Lipinski definition) is 5.